The number of nitrogens with zero attached hydrogens (tertiary/aromatic N) is 4. The second kappa shape index (κ2) is 9.01. The third-order valence-corrected chi connectivity index (χ3v) is 5.15. The van der Waals surface area contributed by atoms with Crippen LogP contribution < -0.4 is 4.74 Å². The Labute approximate surface area is 163 Å². The fourth-order valence-electron chi connectivity index (χ4n) is 2.55. The third-order valence-electron chi connectivity index (χ3n) is 4.08. The van der Waals surface area contributed by atoms with E-state index in [1.54, 1.807) is 4.68 Å². The molecular formula is C20H24N4O2S. The minimum absolute atomic E-state index is 0.223. The van der Waals surface area contributed by atoms with Gasteiger partial charge in [0.25, 0.3) is 0 Å². The standard InChI is InChI=1S/C20H24N4O2S/c1-14(2)16-7-9-17(10-8-16)24-20(21-22-23-24)27-13-18(25)12-26-19-6-4-5-15(3)11-19/h4-11,14,18,25H,12-13H2,1-3H3/t18-/m0/s1. The van der Waals surface area contributed by atoms with Crippen LogP contribution in [0, 0.1) is 6.92 Å². The number of aromatic nitrogens is 4. The maximum atomic E-state index is 10.2. The number of aliphatic hydroxyl groups excluding tert-OH is 1. The van der Waals surface area contributed by atoms with Gasteiger partial charge in [-0.3, -0.25) is 0 Å². The van der Waals surface area contributed by atoms with Gasteiger partial charge in [-0.15, -0.1) is 5.10 Å². The van der Waals surface area contributed by atoms with Crippen molar-refractivity contribution in [2.45, 2.75) is 37.9 Å². The van der Waals surface area contributed by atoms with Crippen LogP contribution in [0.3, 0.4) is 0 Å². The van der Waals surface area contributed by atoms with E-state index in [-0.39, 0.29) is 6.61 Å². The van der Waals surface area contributed by atoms with Gasteiger partial charge in [0.05, 0.1) is 11.8 Å². The van der Waals surface area contributed by atoms with E-state index in [0.29, 0.717) is 16.8 Å². The minimum Gasteiger partial charge on any atom is -0.491 e. The number of rotatable bonds is 8. The van der Waals surface area contributed by atoms with Gasteiger partial charge in [0.1, 0.15) is 12.4 Å². The average Bonchev–Trinajstić information content (AvgIpc) is 3.13. The fraction of sp³-hybridized carbons (Fsp3) is 0.350. The molecule has 7 heteroatoms. The molecule has 0 fully saturated rings. The molecule has 0 bridgehead atoms. The summed E-state index contributed by atoms with van der Waals surface area (Å²) in [4.78, 5) is 0. The molecule has 0 amide bonds. The summed E-state index contributed by atoms with van der Waals surface area (Å²) in [6.07, 6.45) is -0.621. The lowest BCUT2D eigenvalue weighted by molar-refractivity contribution is 0.126. The number of hydrogen-bond acceptors (Lipinski definition) is 6. The van der Waals surface area contributed by atoms with Crippen LogP contribution in [0.5, 0.6) is 5.75 Å². The van der Waals surface area contributed by atoms with Crippen molar-refractivity contribution < 1.29 is 9.84 Å². The normalized spacial score (nSPS) is 12.3. The Hall–Kier alpha value is -2.38. The lowest BCUT2D eigenvalue weighted by Gasteiger charge is -2.12. The quantitative estimate of drug-likeness (QED) is 0.598. The molecule has 3 aromatic rings. The summed E-state index contributed by atoms with van der Waals surface area (Å²) in [6.45, 7) is 6.55. The van der Waals surface area contributed by atoms with Crippen LogP contribution in [0.25, 0.3) is 5.69 Å². The molecule has 1 N–H and O–H groups in total. The topological polar surface area (TPSA) is 73.1 Å². The molecule has 3 rings (SSSR count). The zero-order valence-electron chi connectivity index (χ0n) is 15.7. The van der Waals surface area contributed by atoms with Gasteiger partial charge in [0, 0.05) is 5.75 Å². The first-order chi connectivity index (χ1) is 13.0. The molecule has 0 unspecified atom stereocenters. The molecule has 2 aromatic carbocycles. The van der Waals surface area contributed by atoms with Gasteiger partial charge in [-0.2, -0.15) is 4.68 Å². The molecule has 0 aliphatic carbocycles. The SMILES string of the molecule is Cc1cccc(OC[C@H](O)CSc2nnnn2-c2ccc(C(C)C)cc2)c1. The van der Waals surface area contributed by atoms with E-state index < -0.39 is 6.10 Å². The highest BCUT2D eigenvalue weighted by Crippen LogP contribution is 2.21. The molecule has 0 radical (unpaired) electrons. The highest BCUT2D eigenvalue weighted by molar-refractivity contribution is 7.99. The monoisotopic (exact) mass is 384 g/mol. The van der Waals surface area contributed by atoms with E-state index in [4.69, 9.17) is 4.74 Å². The zero-order valence-corrected chi connectivity index (χ0v) is 16.6. The fourth-order valence-corrected chi connectivity index (χ4v) is 3.34. The maximum Gasteiger partial charge on any atom is 0.214 e. The number of ether oxygens (including phenoxy) is 1. The summed E-state index contributed by atoms with van der Waals surface area (Å²) in [5.41, 5.74) is 3.29. The number of aryl methyl sites for hydroxylation is 1. The van der Waals surface area contributed by atoms with Crippen LogP contribution in [0.4, 0.5) is 0 Å². The molecule has 1 heterocycles. The average molecular weight is 385 g/mol. The van der Waals surface area contributed by atoms with Crippen molar-refractivity contribution in [1.29, 1.82) is 0 Å². The lowest BCUT2D eigenvalue weighted by atomic mass is 10.0. The molecule has 0 saturated carbocycles. The molecule has 6 nitrogen and oxygen atoms in total. The highest BCUT2D eigenvalue weighted by atomic mass is 32.2. The van der Waals surface area contributed by atoms with E-state index in [1.807, 2.05) is 43.3 Å². The summed E-state index contributed by atoms with van der Waals surface area (Å²) in [6, 6.07) is 16.0. The van der Waals surface area contributed by atoms with Crippen molar-refractivity contribution in [1.82, 2.24) is 20.2 Å². The minimum atomic E-state index is -0.621. The second-order valence-electron chi connectivity index (χ2n) is 6.71. The lowest BCUT2D eigenvalue weighted by Crippen LogP contribution is -2.20. The Morgan fingerprint density at radius 3 is 2.63 bits per heavy atom. The van der Waals surface area contributed by atoms with E-state index in [9.17, 15) is 5.11 Å². The first-order valence-corrected chi connectivity index (χ1v) is 9.90. The summed E-state index contributed by atoms with van der Waals surface area (Å²) < 4.78 is 7.33. The van der Waals surface area contributed by atoms with Crippen LogP contribution in [0.15, 0.2) is 53.7 Å². The van der Waals surface area contributed by atoms with Gasteiger partial charge in [-0.1, -0.05) is 49.9 Å². The van der Waals surface area contributed by atoms with Gasteiger partial charge >= 0.3 is 0 Å². The summed E-state index contributed by atoms with van der Waals surface area (Å²) in [5.74, 6) is 1.68. The first-order valence-electron chi connectivity index (χ1n) is 8.92. The van der Waals surface area contributed by atoms with E-state index in [1.165, 1.54) is 17.3 Å². The molecule has 1 aromatic heterocycles. The molecule has 0 saturated heterocycles. The molecule has 27 heavy (non-hydrogen) atoms. The van der Waals surface area contributed by atoms with Gasteiger partial charge in [0.2, 0.25) is 5.16 Å². The van der Waals surface area contributed by atoms with Gasteiger partial charge in [-0.25, -0.2) is 0 Å². The van der Waals surface area contributed by atoms with Gasteiger partial charge < -0.3 is 9.84 Å². The molecule has 142 valence electrons. The van der Waals surface area contributed by atoms with Crippen LogP contribution in [0.2, 0.25) is 0 Å². The molecule has 0 spiro atoms. The second-order valence-corrected chi connectivity index (χ2v) is 7.70. The van der Waals surface area contributed by atoms with Gasteiger partial charge in [-0.05, 0) is 58.7 Å². The maximum absolute atomic E-state index is 10.2. The third kappa shape index (κ3) is 5.30. The van der Waals surface area contributed by atoms with E-state index in [0.717, 1.165) is 17.0 Å². The van der Waals surface area contributed by atoms with E-state index in [2.05, 4.69) is 41.5 Å². The van der Waals surface area contributed by atoms with Crippen molar-refractivity contribution >= 4 is 11.8 Å². The molecule has 0 aliphatic heterocycles. The Morgan fingerprint density at radius 1 is 1.15 bits per heavy atom. The van der Waals surface area contributed by atoms with Crippen molar-refractivity contribution in [2.24, 2.45) is 0 Å². The summed E-state index contributed by atoms with van der Waals surface area (Å²) in [7, 11) is 0. The van der Waals surface area contributed by atoms with Crippen molar-refractivity contribution in [3.05, 3.63) is 59.7 Å². The smallest absolute Gasteiger partial charge is 0.214 e. The Balaban J connectivity index is 1.56. The van der Waals surface area contributed by atoms with Crippen LogP contribution in [-0.4, -0.2) is 43.8 Å². The summed E-state index contributed by atoms with van der Waals surface area (Å²) >= 11 is 1.40. The van der Waals surface area contributed by atoms with Crippen LogP contribution in [-0.2, 0) is 0 Å². The van der Waals surface area contributed by atoms with E-state index >= 15 is 0 Å². The van der Waals surface area contributed by atoms with Crippen molar-refractivity contribution in [2.75, 3.05) is 12.4 Å². The van der Waals surface area contributed by atoms with Crippen LogP contribution in [0.1, 0.15) is 30.9 Å². The number of thioether (sulfide) groups is 1. The predicted molar refractivity (Wildman–Crippen MR) is 107 cm³/mol. The molecule has 0 aliphatic rings. The largest absolute Gasteiger partial charge is 0.491 e. The van der Waals surface area contributed by atoms with Gasteiger partial charge in [0.15, 0.2) is 0 Å². The van der Waals surface area contributed by atoms with Crippen molar-refractivity contribution in [3.8, 4) is 11.4 Å². The summed E-state index contributed by atoms with van der Waals surface area (Å²) in [5, 5.41) is 22.7. The Bertz CT molecular complexity index is 864. The predicted octanol–water partition coefficient (Wildman–Crippen LogP) is 3.63. The number of aliphatic hydroxyl groups is 1. The van der Waals surface area contributed by atoms with Crippen LogP contribution >= 0.6 is 11.8 Å². The molecule has 1 atom stereocenters. The first kappa shape index (κ1) is 19.4. The van der Waals surface area contributed by atoms with Crippen molar-refractivity contribution in [3.63, 3.8) is 0 Å². The highest BCUT2D eigenvalue weighted by Gasteiger charge is 2.13. The number of benzene rings is 2. The Kier molecular flexibility index (Phi) is 6.47. The Morgan fingerprint density at radius 2 is 1.93 bits per heavy atom. The number of tetrazole rings is 1. The number of hydrogen-bond donors (Lipinski definition) is 1. The zero-order chi connectivity index (χ0) is 19.2. The molecular weight excluding hydrogens is 360 g/mol.